The molecule has 8 heteroatoms. The molecular weight excluding hydrogens is 256 g/mol. The molecule has 0 amide bonds. The number of nitrogen functional groups attached to an aromatic ring is 1. The van der Waals surface area contributed by atoms with Gasteiger partial charge >= 0.3 is 11.7 Å². The van der Waals surface area contributed by atoms with Gasteiger partial charge in [-0.15, -0.1) is 5.10 Å². The fourth-order valence-corrected chi connectivity index (χ4v) is 2.15. The number of anilines is 1. The van der Waals surface area contributed by atoms with Crippen molar-refractivity contribution in [2.45, 2.75) is 10.1 Å². The van der Waals surface area contributed by atoms with E-state index in [9.17, 15) is 9.59 Å². The van der Waals surface area contributed by atoms with Crippen LogP contribution in [0.2, 0.25) is 0 Å². The van der Waals surface area contributed by atoms with Gasteiger partial charge in [0, 0.05) is 17.6 Å². The number of aromatic nitrogens is 3. The van der Waals surface area contributed by atoms with Gasteiger partial charge in [-0.05, 0) is 30.0 Å². The Labute approximate surface area is 106 Å². The number of carboxylic acid groups (broad SMARTS) is 1. The number of nitrogens with two attached hydrogens (primary N) is 1. The lowest BCUT2D eigenvalue weighted by Gasteiger charge is -2.04. The summed E-state index contributed by atoms with van der Waals surface area (Å²) in [6.45, 7) is 0. The lowest BCUT2D eigenvalue weighted by molar-refractivity contribution is 0.0698. The molecule has 0 atom stereocenters. The summed E-state index contributed by atoms with van der Waals surface area (Å²) in [6, 6.07) is 4.63. The van der Waals surface area contributed by atoms with Crippen molar-refractivity contribution in [3.8, 4) is 0 Å². The van der Waals surface area contributed by atoms with Crippen molar-refractivity contribution >= 4 is 23.4 Å². The van der Waals surface area contributed by atoms with Crippen LogP contribution in [0.5, 0.6) is 0 Å². The SMILES string of the molecule is Cn1c(Sc2ccc(N)c(C(=O)O)c2)n[nH]c1=O. The monoisotopic (exact) mass is 266 g/mol. The summed E-state index contributed by atoms with van der Waals surface area (Å²) in [6.07, 6.45) is 0. The maximum absolute atomic E-state index is 11.2. The van der Waals surface area contributed by atoms with Gasteiger partial charge in [0.2, 0.25) is 0 Å². The average molecular weight is 266 g/mol. The first-order valence-corrected chi connectivity index (χ1v) is 5.72. The Morgan fingerprint density at radius 2 is 2.28 bits per heavy atom. The third-order valence-electron chi connectivity index (χ3n) is 2.30. The molecule has 0 spiro atoms. The van der Waals surface area contributed by atoms with Crippen LogP contribution in [0.1, 0.15) is 10.4 Å². The van der Waals surface area contributed by atoms with E-state index in [2.05, 4.69) is 10.2 Å². The number of nitrogens with one attached hydrogen (secondary N) is 1. The van der Waals surface area contributed by atoms with Crippen molar-refractivity contribution in [1.29, 1.82) is 0 Å². The minimum Gasteiger partial charge on any atom is -0.478 e. The predicted molar refractivity (Wildman–Crippen MR) is 65.8 cm³/mol. The zero-order valence-electron chi connectivity index (χ0n) is 9.38. The number of rotatable bonds is 3. The van der Waals surface area contributed by atoms with Gasteiger partial charge in [-0.1, -0.05) is 0 Å². The Hall–Kier alpha value is -2.22. The van der Waals surface area contributed by atoms with Crippen molar-refractivity contribution in [3.63, 3.8) is 0 Å². The van der Waals surface area contributed by atoms with Gasteiger partial charge in [0.05, 0.1) is 5.56 Å². The van der Waals surface area contributed by atoms with Gasteiger partial charge in [0.25, 0.3) is 0 Å². The van der Waals surface area contributed by atoms with Crippen molar-refractivity contribution in [2.75, 3.05) is 5.73 Å². The van der Waals surface area contributed by atoms with Crippen LogP contribution >= 0.6 is 11.8 Å². The van der Waals surface area contributed by atoms with E-state index in [0.29, 0.717) is 10.1 Å². The molecule has 2 aromatic rings. The number of aromatic carboxylic acids is 1. The van der Waals surface area contributed by atoms with Gasteiger partial charge < -0.3 is 10.8 Å². The van der Waals surface area contributed by atoms with Crippen LogP contribution in [0, 0.1) is 0 Å². The molecule has 0 aliphatic carbocycles. The minimum absolute atomic E-state index is 0.0283. The second kappa shape index (κ2) is 4.57. The fraction of sp³-hybridized carbons (Fsp3) is 0.100. The summed E-state index contributed by atoms with van der Waals surface area (Å²) >= 11 is 1.18. The summed E-state index contributed by atoms with van der Waals surface area (Å²) in [5.41, 5.74) is 5.45. The van der Waals surface area contributed by atoms with Crippen LogP contribution in [0.4, 0.5) is 5.69 Å². The molecule has 1 aromatic carbocycles. The van der Waals surface area contributed by atoms with Crippen LogP contribution in [0.3, 0.4) is 0 Å². The first kappa shape index (κ1) is 12.2. The standard InChI is InChI=1S/C10H10N4O3S/c1-14-9(17)12-13-10(14)18-5-2-3-7(11)6(4-5)8(15)16/h2-4H,11H2,1H3,(H,12,17)(H,15,16). The van der Waals surface area contributed by atoms with Crippen LogP contribution in [0.25, 0.3) is 0 Å². The summed E-state index contributed by atoms with van der Waals surface area (Å²) in [4.78, 5) is 22.8. The van der Waals surface area contributed by atoms with Gasteiger partial charge in [-0.3, -0.25) is 4.57 Å². The lowest BCUT2D eigenvalue weighted by atomic mass is 10.2. The maximum atomic E-state index is 11.2. The third-order valence-corrected chi connectivity index (χ3v) is 3.34. The van der Waals surface area contributed by atoms with Crippen molar-refractivity contribution in [2.24, 2.45) is 7.05 Å². The van der Waals surface area contributed by atoms with Crippen LogP contribution in [0.15, 0.2) is 33.0 Å². The number of carbonyl (C=O) groups is 1. The van der Waals surface area contributed by atoms with E-state index >= 15 is 0 Å². The Morgan fingerprint density at radius 1 is 1.56 bits per heavy atom. The topological polar surface area (TPSA) is 114 Å². The molecular formula is C10H10N4O3S. The number of aromatic amines is 1. The smallest absolute Gasteiger partial charge is 0.343 e. The number of H-pyrrole nitrogens is 1. The molecule has 0 bridgehead atoms. The molecule has 0 fully saturated rings. The Balaban J connectivity index is 2.36. The molecule has 1 heterocycles. The Bertz CT molecular complexity index is 661. The van der Waals surface area contributed by atoms with E-state index < -0.39 is 5.97 Å². The summed E-state index contributed by atoms with van der Waals surface area (Å²) in [5, 5.41) is 15.5. The zero-order chi connectivity index (χ0) is 13.3. The highest BCUT2D eigenvalue weighted by Crippen LogP contribution is 2.27. The number of carboxylic acids is 1. The summed E-state index contributed by atoms with van der Waals surface area (Å²) in [7, 11) is 1.57. The summed E-state index contributed by atoms with van der Waals surface area (Å²) in [5.74, 6) is -1.09. The second-order valence-electron chi connectivity index (χ2n) is 3.53. The molecule has 18 heavy (non-hydrogen) atoms. The van der Waals surface area contributed by atoms with Crippen LogP contribution in [-0.2, 0) is 7.05 Å². The highest BCUT2D eigenvalue weighted by molar-refractivity contribution is 7.99. The molecule has 0 saturated heterocycles. The molecule has 0 aliphatic rings. The maximum Gasteiger partial charge on any atom is 0.343 e. The highest BCUT2D eigenvalue weighted by atomic mass is 32.2. The molecule has 2 rings (SSSR count). The molecule has 0 unspecified atom stereocenters. The van der Waals surface area contributed by atoms with Crippen molar-refractivity contribution < 1.29 is 9.90 Å². The summed E-state index contributed by atoms with van der Waals surface area (Å²) < 4.78 is 1.33. The van der Waals surface area contributed by atoms with E-state index in [4.69, 9.17) is 10.8 Å². The highest BCUT2D eigenvalue weighted by Gasteiger charge is 2.11. The first-order valence-electron chi connectivity index (χ1n) is 4.91. The fourth-order valence-electron chi connectivity index (χ4n) is 1.31. The normalized spacial score (nSPS) is 10.5. The van der Waals surface area contributed by atoms with E-state index in [-0.39, 0.29) is 16.9 Å². The van der Waals surface area contributed by atoms with E-state index in [1.807, 2.05) is 0 Å². The van der Waals surface area contributed by atoms with Gasteiger partial charge in [-0.25, -0.2) is 14.7 Å². The first-order chi connectivity index (χ1) is 8.49. The molecule has 0 saturated carbocycles. The third kappa shape index (κ3) is 2.23. The Kier molecular flexibility index (Phi) is 3.11. The molecule has 0 radical (unpaired) electrons. The van der Waals surface area contributed by atoms with Crippen molar-refractivity contribution in [1.82, 2.24) is 14.8 Å². The van der Waals surface area contributed by atoms with Gasteiger partial charge in [-0.2, -0.15) is 0 Å². The molecule has 1 aromatic heterocycles. The quantitative estimate of drug-likeness (QED) is 0.699. The average Bonchev–Trinajstić information content (AvgIpc) is 2.63. The van der Waals surface area contributed by atoms with Crippen LogP contribution < -0.4 is 11.4 Å². The van der Waals surface area contributed by atoms with E-state index in [0.717, 1.165) is 0 Å². The molecule has 7 nitrogen and oxygen atoms in total. The predicted octanol–water partition coefficient (Wildman–Crippen LogP) is 0.540. The zero-order valence-corrected chi connectivity index (χ0v) is 10.2. The number of hydrogen-bond acceptors (Lipinski definition) is 5. The molecule has 0 aliphatic heterocycles. The lowest BCUT2D eigenvalue weighted by Crippen LogP contribution is -2.12. The second-order valence-corrected chi connectivity index (χ2v) is 4.57. The number of nitrogens with zero attached hydrogens (tertiary/aromatic N) is 2. The van der Waals surface area contributed by atoms with Crippen molar-refractivity contribution in [3.05, 3.63) is 34.2 Å². The largest absolute Gasteiger partial charge is 0.478 e. The van der Waals surface area contributed by atoms with Gasteiger partial charge in [0.1, 0.15) is 0 Å². The number of hydrogen-bond donors (Lipinski definition) is 3. The minimum atomic E-state index is -1.09. The molecule has 94 valence electrons. The Morgan fingerprint density at radius 3 is 2.83 bits per heavy atom. The van der Waals surface area contributed by atoms with E-state index in [1.54, 1.807) is 13.1 Å². The number of benzene rings is 1. The van der Waals surface area contributed by atoms with Gasteiger partial charge in [0.15, 0.2) is 5.16 Å². The molecule has 4 N–H and O–H groups in total. The van der Waals surface area contributed by atoms with E-state index in [1.165, 1.54) is 28.5 Å². The van der Waals surface area contributed by atoms with Crippen LogP contribution in [-0.4, -0.2) is 25.8 Å².